The van der Waals surface area contributed by atoms with Crippen molar-refractivity contribution in [1.82, 2.24) is 10.2 Å². The number of nitrogens with zero attached hydrogens (tertiary/aromatic N) is 1. The van der Waals surface area contributed by atoms with E-state index in [1.165, 1.54) is 25.1 Å². The first-order valence-electron chi connectivity index (χ1n) is 7.71. The van der Waals surface area contributed by atoms with Gasteiger partial charge in [0, 0.05) is 19.1 Å². The Hall–Kier alpha value is -0.860. The molecule has 0 radical (unpaired) electrons. The fourth-order valence-corrected chi connectivity index (χ4v) is 3.05. The second kappa shape index (κ2) is 7.06. The second-order valence-corrected chi connectivity index (χ2v) is 6.07. The van der Waals surface area contributed by atoms with E-state index in [-0.39, 0.29) is 0 Å². The molecule has 1 heterocycles. The molecular formula is C17H28N2. The number of hydrogen-bond acceptors (Lipinski definition) is 2. The summed E-state index contributed by atoms with van der Waals surface area (Å²) in [6, 6.07) is 11.3. The van der Waals surface area contributed by atoms with Crippen LogP contribution in [0.2, 0.25) is 0 Å². The van der Waals surface area contributed by atoms with Gasteiger partial charge in [-0.2, -0.15) is 0 Å². The molecule has 0 saturated carbocycles. The standard InChI is InChI=1S/C17H28N2/c1-4-18-17(15-8-6-5-7-9-15)13-19-11-10-16(12-19)14(2)3/h5-9,14,16-18H,4,10-13H2,1-3H3. The largest absolute Gasteiger partial charge is 0.309 e. The van der Waals surface area contributed by atoms with Gasteiger partial charge < -0.3 is 10.2 Å². The van der Waals surface area contributed by atoms with Crippen molar-refractivity contribution >= 4 is 0 Å². The molecule has 0 amide bonds. The van der Waals surface area contributed by atoms with Gasteiger partial charge in [-0.3, -0.25) is 0 Å². The van der Waals surface area contributed by atoms with Gasteiger partial charge in [0.25, 0.3) is 0 Å². The summed E-state index contributed by atoms with van der Waals surface area (Å²) in [6.45, 7) is 11.6. The number of likely N-dealkylation sites (N-methyl/N-ethyl adjacent to an activating group) is 1. The lowest BCUT2D eigenvalue weighted by Gasteiger charge is -2.25. The molecule has 19 heavy (non-hydrogen) atoms. The minimum atomic E-state index is 0.470. The molecule has 1 aliphatic heterocycles. The minimum Gasteiger partial charge on any atom is -0.309 e. The molecule has 1 aromatic carbocycles. The smallest absolute Gasteiger partial charge is 0.0449 e. The van der Waals surface area contributed by atoms with Crippen molar-refractivity contribution in [3.05, 3.63) is 35.9 Å². The first-order chi connectivity index (χ1) is 9.20. The van der Waals surface area contributed by atoms with Crippen LogP contribution in [0.5, 0.6) is 0 Å². The fourth-order valence-electron chi connectivity index (χ4n) is 3.05. The van der Waals surface area contributed by atoms with Crippen molar-refractivity contribution in [2.45, 2.75) is 33.2 Å². The van der Waals surface area contributed by atoms with E-state index in [0.29, 0.717) is 6.04 Å². The normalized spacial score (nSPS) is 22.0. The Bertz CT molecular complexity index is 361. The van der Waals surface area contributed by atoms with Gasteiger partial charge in [0.15, 0.2) is 0 Å². The van der Waals surface area contributed by atoms with Crippen LogP contribution in [-0.2, 0) is 0 Å². The summed E-state index contributed by atoms with van der Waals surface area (Å²) in [5.41, 5.74) is 1.41. The van der Waals surface area contributed by atoms with Crippen LogP contribution in [0.1, 0.15) is 38.8 Å². The predicted octanol–water partition coefficient (Wildman–Crippen LogP) is 3.32. The third kappa shape index (κ3) is 4.05. The highest BCUT2D eigenvalue weighted by atomic mass is 15.2. The molecular weight excluding hydrogens is 232 g/mol. The molecule has 0 bridgehead atoms. The molecule has 2 rings (SSSR count). The van der Waals surface area contributed by atoms with E-state index in [1.54, 1.807) is 0 Å². The summed E-state index contributed by atoms with van der Waals surface area (Å²) in [5.74, 6) is 1.71. The topological polar surface area (TPSA) is 15.3 Å². The zero-order valence-electron chi connectivity index (χ0n) is 12.6. The van der Waals surface area contributed by atoms with Crippen LogP contribution in [-0.4, -0.2) is 31.1 Å². The van der Waals surface area contributed by atoms with E-state index in [4.69, 9.17) is 0 Å². The third-order valence-corrected chi connectivity index (χ3v) is 4.34. The van der Waals surface area contributed by atoms with Crippen molar-refractivity contribution in [3.8, 4) is 0 Å². The van der Waals surface area contributed by atoms with E-state index in [0.717, 1.165) is 24.9 Å². The number of likely N-dealkylation sites (tertiary alicyclic amines) is 1. The van der Waals surface area contributed by atoms with Gasteiger partial charge in [0.2, 0.25) is 0 Å². The maximum atomic E-state index is 3.63. The van der Waals surface area contributed by atoms with Crippen LogP contribution < -0.4 is 5.32 Å². The highest BCUT2D eigenvalue weighted by Crippen LogP contribution is 2.25. The van der Waals surface area contributed by atoms with Crippen LogP contribution in [0.25, 0.3) is 0 Å². The summed E-state index contributed by atoms with van der Waals surface area (Å²) in [6.07, 6.45) is 1.37. The van der Waals surface area contributed by atoms with Gasteiger partial charge in [0.05, 0.1) is 0 Å². The van der Waals surface area contributed by atoms with Crippen molar-refractivity contribution in [3.63, 3.8) is 0 Å². The Kier molecular flexibility index (Phi) is 5.41. The van der Waals surface area contributed by atoms with Gasteiger partial charge in [0.1, 0.15) is 0 Å². The quantitative estimate of drug-likeness (QED) is 0.844. The van der Waals surface area contributed by atoms with Gasteiger partial charge in [-0.05, 0) is 36.9 Å². The van der Waals surface area contributed by atoms with E-state index < -0.39 is 0 Å². The van der Waals surface area contributed by atoms with Gasteiger partial charge in [-0.15, -0.1) is 0 Å². The molecule has 1 N–H and O–H groups in total. The molecule has 2 nitrogen and oxygen atoms in total. The van der Waals surface area contributed by atoms with Crippen molar-refractivity contribution in [2.75, 3.05) is 26.2 Å². The molecule has 1 fully saturated rings. The third-order valence-electron chi connectivity index (χ3n) is 4.34. The molecule has 2 atom stereocenters. The zero-order valence-corrected chi connectivity index (χ0v) is 12.6. The molecule has 1 aromatic rings. The summed E-state index contributed by atoms with van der Waals surface area (Å²) in [5, 5.41) is 3.63. The summed E-state index contributed by atoms with van der Waals surface area (Å²) >= 11 is 0. The van der Waals surface area contributed by atoms with Crippen LogP contribution in [0.15, 0.2) is 30.3 Å². The molecule has 2 unspecified atom stereocenters. The Morgan fingerprint density at radius 2 is 2.00 bits per heavy atom. The number of benzene rings is 1. The Balaban J connectivity index is 1.95. The molecule has 2 heteroatoms. The fraction of sp³-hybridized carbons (Fsp3) is 0.647. The predicted molar refractivity (Wildman–Crippen MR) is 82.2 cm³/mol. The molecule has 106 valence electrons. The molecule has 0 aromatic heterocycles. The molecule has 0 aliphatic carbocycles. The average Bonchev–Trinajstić information content (AvgIpc) is 2.88. The van der Waals surface area contributed by atoms with Crippen molar-refractivity contribution in [1.29, 1.82) is 0 Å². The Labute approximate surface area is 118 Å². The highest BCUT2D eigenvalue weighted by molar-refractivity contribution is 5.19. The molecule has 0 spiro atoms. The minimum absolute atomic E-state index is 0.470. The summed E-state index contributed by atoms with van der Waals surface area (Å²) < 4.78 is 0. The number of rotatable bonds is 6. The van der Waals surface area contributed by atoms with Gasteiger partial charge in [-0.1, -0.05) is 51.1 Å². The summed E-state index contributed by atoms with van der Waals surface area (Å²) in [4.78, 5) is 2.63. The van der Waals surface area contributed by atoms with Gasteiger partial charge >= 0.3 is 0 Å². The van der Waals surface area contributed by atoms with Crippen LogP contribution >= 0.6 is 0 Å². The van der Waals surface area contributed by atoms with Crippen molar-refractivity contribution in [2.24, 2.45) is 11.8 Å². The van der Waals surface area contributed by atoms with Crippen LogP contribution in [0, 0.1) is 11.8 Å². The first-order valence-corrected chi connectivity index (χ1v) is 7.71. The highest BCUT2D eigenvalue weighted by Gasteiger charge is 2.26. The van der Waals surface area contributed by atoms with Crippen LogP contribution in [0.4, 0.5) is 0 Å². The summed E-state index contributed by atoms with van der Waals surface area (Å²) in [7, 11) is 0. The second-order valence-electron chi connectivity index (χ2n) is 6.07. The zero-order chi connectivity index (χ0) is 13.7. The monoisotopic (exact) mass is 260 g/mol. The average molecular weight is 260 g/mol. The maximum Gasteiger partial charge on any atom is 0.0449 e. The molecule has 1 saturated heterocycles. The first kappa shape index (κ1) is 14.5. The Morgan fingerprint density at radius 3 is 2.58 bits per heavy atom. The van der Waals surface area contributed by atoms with Gasteiger partial charge in [-0.25, -0.2) is 0 Å². The van der Waals surface area contributed by atoms with Crippen LogP contribution in [0.3, 0.4) is 0 Å². The van der Waals surface area contributed by atoms with E-state index >= 15 is 0 Å². The molecule has 1 aliphatic rings. The lowest BCUT2D eigenvalue weighted by Crippen LogP contribution is -2.34. The SMILES string of the molecule is CCNC(CN1CCC(C(C)C)C1)c1ccccc1. The van der Waals surface area contributed by atoms with E-state index in [2.05, 4.69) is 61.3 Å². The maximum absolute atomic E-state index is 3.63. The van der Waals surface area contributed by atoms with E-state index in [9.17, 15) is 0 Å². The van der Waals surface area contributed by atoms with E-state index in [1.807, 2.05) is 0 Å². The van der Waals surface area contributed by atoms with Crippen molar-refractivity contribution < 1.29 is 0 Å². The number of nitrogens with one attached hydrogen (secondary N) is 1. The Morgan fingerprint density at radius 1 is 1.26 bits per heavy atom. The number of hydrogen-bond donors (Lipinski definition) is 1. The lowest BCUT2D eigenvalue weighted by atomic mass is 9.95. The lowest BCUT2D eigenvalue weighted by molar-refractivity contribution is 0.271.